The van der Waals surface area contributed by atoms with Crippen LogP contribution in [0, 0.1) is 0 Å². The van der Waals surface area contributed by atoms with Crippen LogP contribution in [0.3, 0.4) is 0 Å². The molecule has 2 rings (SSSR count). The van der Waals surface area contributed by atoms with Gasteiger partial charge in [-0.05, 0) is 24.1 Å². The van der Waals surface area contributed by atoms with Crippen molar-refractivity contribution >= 4 is 11.6 Å². The summed E-state index contributed by atoms with van der Waals surface area (Å²) in [5.41, 5.74) is 2.51. The normalized spacial score (nSPS) is 14.2. The summed E-state index contributed by atoms with van der Waals surface area (Å²) < 4.78 is 10.4. The number of ether oxygens (including phenoxy) is 2. The second-order valence-electron chi connectivity index (χ2n) is 5.86. The third-order valence-electron chi connectivity index (χ3n) is 3.97. The van der Waals surface area contributed by atoms with E-state index >= 15 is 0 Å². The maximum Gasteiger partial charge on any atom is 0.191 e. The summed E-state index contributed by atoms with van der Waals surface area (Å²) in [6.07, 6.45) is 5.34. The van der Waals surface area contributed by atoms with Gasteiger partial charge in [-0.3, -0.25) is 4.99 Å². The number of hydrogen-bond donors (Lipinski definition) is 2. The van der Waals surface area contributed by atoms with Gasteiger partial charge >= 0.3 is 0 Å². The van der Waals surface area contributed by atoms with Crippen LogP contribution in [-0.2, 0) is 16.0 Å². The molecule has 0 spiro atoms. The molecule has 0 bridgehead atoms. The highest BCUT2D eigenvalue weighted by atomic mass is 16.5. The van der Waals surface area contributed by atoms with Crippen molar-refractivity contribution in [3.63, 3.8) is 0 Å². The van der Waals surface area contributed by atoms with Crippen molar-refractivity contribution in [2.45, 2.75) is 13.0 Å². The summed E-state index contributed by atoms with van der Waals surface area (Å²) in [5, 5.41) is 6.67. The maximum atomic E-state index is 5.45. The van der Waals surface area contributed by atoms with E-state index in [1.165, 1.54) is 11.3 Å². The molecule has 0 saturated heterocycles. The Morgan fingerprint density at radius 3 is 2.76 bits per heavy atom. The highest BCUT2D eigenvalue weighted by Gasteiger charge is 2.08. The molecule has 1 aliphatic heterocycles. The molecule has 1 aromatic carbocycles. The molecule has 2 N–H and O–H groups in total. The molecule has 0 amide bonds. The first kappa shape index (κ1) is 19.3. The van der Waals surface area contributed by atoms with Crippen LogP contribution in [0.1, 0.15) is 12.0 Å². The lowest BCUT2D eigenvalue weighted by molar-refractivity contribution is 0.0698. The first-order chi connectivity index (χ1) is 12.3. The van der Waals surface area contributed by atoms with Gasteiger partial charge < -0.3 is 25.0 Å². The summed E-state index contributed by atoms with van der Waals surface area (Å²) in [6.45, 7) is 5.57. The number of nitrogens with zero attached hydrogens (tertiary/aromatic N) is 2. The zero-order valence-corrected chi connectivity index (χ0v) is 15.3. The van der Waals surface area contributed by atoms with Crippen molar-refractivity contribution in [1.82, 2.24) is 10.6 Å². The Morgan fingerprint density at radius 2 is 2.00 bits per heavy atom. The molecule has 0 aromatic heterocycles. The predicted octanol–water partition coefficient (Wildman–Crippen LogP) is 1.78. The molecule has 1 heterocycles. The van der Waals surface area contributed by atoms with Crippen LogP contribution >= 0.6 is 0 Å². The highest BCUT2D eigenvalue weighted by molar-refractivity contribution is 5.79. The quantitative estimate of drug-likeness (QED) is 0.293. The number of nitrogens with one attached hydrogen (secondary N) is 2. The number of benzene rings is 1. The third kappa shape index (κ3) is 7.15. The van der Waals surface area contributed by atoms with Gasteiger partial charge in [-0.15, -0.1) is 0 Å². The maximum absolute atomic E-state index is 5.45. The fourth-order valence-electron chi connectivity index (χ4n) is 2.58. The van der Waals surface area contributed by atoms with Crippen molar-refractivity contribution in [2.75, 3.05) is 58.5 Å². The lowest BCUT2D eigenvalue weighted by Crippen LogP contribution is -2.37. The van der Waals surface area contributed by atoms with E-state index in [1.807, 2.05) is 0 Å². The van der Waals surface area contributed by atoms with Crippen molar-refractivity contribution in [2.24, 2.45) is 4.99 Å². The van der Waals surface area contributed by atoms with Crippen molar-refractivity contribution in [3.05, 3.63) is 42.0 Å². The Hall–Kier alpha value is -2.05. The third-order valence-corrected chi connectivity index (χ3v) is 3.97. The van der Waals surface area contributed by atoms with Gasteiger partial charge in [0.05, 0.1) is 13.2 Å². The van der Waals surface area contributed by atoms with E-state index in [0.29, 0.717) is 13.2 Å². The van der Waals surface area contributed by atoms with E-state index < -0.39 is 0 Å². The number of rotatable bonds is 10. The molecule has 138 valence electrons. The molecule has 0 fully saturated rings. The van der Waals surface area contributed by atoms with Crippen molar-refractivity contribution in [1.29, 1.82) is 0 Å². The van der Waals surface area contributed by atoms with E-state index in [0.717, 1.165) is 45.2 Å². The van der Waals surface area contributed by atoms with E-state index in [1.54, 1.807) is 14.2 Å². The number of methoxy groups -OCH3 is 1. The number of guanidine groups is 1. The fourth-order valence-corrected chi connectivity index (χ4v) is 2.58. The number of hydrogen-bond acceptors (Lipinski definition) is 4. The van der Waals surface area contributed by atoms with E-state index in [4.69, 9.17) is 9.47 Å². The van der Waals surface area contributed by atoms with Gasteiger partial charge in [0, 0.05) is 52.6 Å². The van der Waals surface area contributed by atoms with E-state index in [2.05, 4.69) is 56.9 Å². The Labute approximate surface area is 150 Å². The minimum atomic E-state index is 0.642. The molecule has 0 radical (unpaired) electrons. The van der Waals surface area contributed by atoms with Gasteiger partial charge in [-0.25, -0.2) is 0 Å². The standard InChI is InChI=1S/C19H30N4O2/c1-20-19(21-9-6-12-25-14-13-24-2)22-16-17-7-5-8-18(15-17)23-10-3-4-11-23/h3-5,7-8,15H,6,9-14,16H2,1-2H3,(H2,20,21,22). The molecule has 6 heteroatoms. The smallest absolute Gasteiger partial charge is 0.191 e. The van der Waals surface area contributed by atoms with Gasteiger partial charge in [-0.1, -0.05) is 24.3 Å². The van der Waals surface area contributed by atoms with Gasteiger partial charge in [0.25, 0.3) is 0 Å². The first-order valence-corrected chi connectivity index (χ1v) is 8.83. The van der Waals surface area contributed by atoms with Crippen LogP contribution in [0.15, 0.2) is 41.4 Å². The highest BCUT2D eigenvalue weighted by Crippen LogP contribution is 2.18. The molecule has 25 heavy (non-hydrogen) atoms. The lowest BCUT2D eigenvalue weighted by atomic mass is 10.2. The van der Waals surface area contributed by atoms with Crippen LogP contribution in [0.2, 0.25) is 0 Å². The molecular formula is C19H30N4O2. The SMILES string of the molecule is CN=C(NCCCOCCOC)NCc1cccc(N2CC=CC2)c1. The average Bonchev–Trinajstić information content (AvgIpc) is 3.18. The van der Waals surface area contributed by atoms with Crippen LogP contribution < -0.4 is 15.5 Å². The molecule has 0 aliphatic carbocycles. The molecule has 0 saturated carbocycles. The monoisotopic (exact) mass is 346 g/mol. The molecule has 0 unspecified atom stereocenters. The second kappa shape index (κ2) is 11.5. The summed E-state index contributed by atoms with van der Waals surface area (Å²) in [6, 6.07) is 8.64. The summed E-state index contributed by atoms with van der Waals surface area (Å²) >= 11 is 0. The number of aliphatic imine (C=N–C) groups is 1. The summed E-state index contributed by atoms with van der Waals surface area (Å²) in [7, 11) is 3.47. The van der Waals surface area contributed by atoms with Crippen LogP contribution in [0.25, 0.3) is 0 Å². The Balaban J connectivity index is 1.67. The van der Waals surface area contributed by atoms with Gasteiger partial charge in [0.15, 0.2) is 5.96 Å². The minimum Gasteiger partial charge on any atom is -0.382 e. The van der Waals surface area contributed by atoms with Crippen LogP contribution in [0.5, 0.6) is 0 Å². The van der Waals surface area contributed by atoms with Gasteiger partial charge in [0.1, 0.15) is 0 Å². The molecule has 0 atom stereocenters. The second-order valence-corrected chi connectivity index (χ2v) is 5.86. The van der Waals surface area contributed by atoms with Gasteiger partial charge in [0.2, 0.25) is 0 Å². The lowest BCUT2D eigenvalue weighted by Gasteiger charge is -2.19. The minimum absolute atomic E-state index is 0.642. The molecular weight excluding hydrogens is 316 g/mol. The Morgan fingerprint density at radius 1 is 1.16 bits per heavy atom. The average molecular weight is 346 g/mol. The zero-order chi connectivity index (χ0) is 17.7. The van der Waals surface area contributed by atoms with Gasteiger partial charge in [-0.2, -0.15) is 0 Å². The summed E-state index contributed by atoms with van der Waals surface area (Å²) in [5.74, 6) is 0.810. The van der Waals surface area contributed by atoms with Crippen LogP contribution in [-0.4, -0.2) is 59.6 Å². The Kier molecular flexibility index (Phi) is 8.86. The van der Waals surface area contributed by atoms with E-state index in [-0.39, 0.29) is 0 Å². The van der Waals surface area contributed by atoms with Crippen molar-refractivity contribution < 1.29 is 9.47 Å². The summed E-state index contributed by atoms with van der Waals surface area (Å²) in [4.78, 5) is 6.61. The Bertz CT molecular complexity index is 552. The zero-order valence-electron chi connectivity index (χ0n) is 15.3. The van der Waals surface area contributed by atoms with E-state index in [9.17, 15) is 0 Å². The van der Waals surface area contributed by atoms with Crippen LogP contribution in [0.4, 0.5) is 5.69 Å². The number of anilines is 1. The topological polar surface area (TPSA) is 58.1 Å². The van der Waals surface area contributed by atoms with Crippen molar-refractivity contribution in [3.8, 4) is 0 Å². The predicted molar refractivity (Wildman–Crippen MR) is 103 cm³/mol. The molecule has 6 nitrogen and oxygen atoms in total. The fraction of sp³-hybridized carbons (Fsp3) is 0.526. The first-order valence-electron chi connectivity index (χ1n) is 8.83. The molecule has 1 aliphatic rings. The molecule has 1 aromatic rings. The largest absolute Gasteiger partial charge is 0.382 e.